The largest absolute Gasteiger partial charge is 0.333 e. The topological polar surface area (TPSA) is 49.4 Å². The maximum atomic E-state index is 12.2. The Hall–Kier alpha value is -1.62. The van der Waals surface area contributed by atoms with Crippen LogP contribution in [0.25, 0.3) is 0 Å². The third kappa shape index (κ3) is 5.78. The minimum absolute atomic E-state index is 0.0633. The molecule has 24 heavy (non-hydrogen) atoms. The predicted octanol–water partition coefficient (Wildman–Crippen LogP) is 4.44. The summed E-state index contributed by atoms with van der Waals surface area (Å²) >= 11 is 3.46. The van der Waals surface area contributed by atoms with Gasteiger partial charge in [-0.2, -0.15) is 0 Å². The molecule has 0 unspecified atom stereocenters. The summed E-state index contributed by atoms with van der Waals surface area (Å²) in [5.41, 5.74) is 3.26. The van der Waals surface area contributed by atoms with E-state index in [0.717, 1.165) is 35.0 Å². The molecule has 0 fully saturated rings. The van der Waals surface area contributed by atoms with Crippen LogP contribution in [0.2, 0.25) is 0 Å². The quantitative estimate of drug-likeness (QED) is 0.727. The lowest BCUT2D eigenvalue weighted by atomic mass is 9.97. The van der Waals surface area contributed by atoms with Crippen molar-refractivity contribution >= 4 is 33.4 Å². The van der Waals surface area contributed by atoms with E-state index in [1.165, 1.54) is 25.3 Å². The summed E-state index contributed by atoms with van der Waals surface area (Å²) in [7, 11) is 0. The molecule has 4 nitrogen and oxygen atoms in total. The highest BCUT2D eigenvalue weighted by molar-refractivity contribution is 9.10. The van der Waals surface area contributed by atoms with Crippen LogP contribution in [0.1, 0.15) is 44.6 Å². The molecule has 5 heteroatoms. The van der Waals surface area contributed by atoms with Crippen LogP contribution in [0, 0.1) is 6.92 Å². The van der Waals surface area contributed by atoms with Gasteiger partial charge in [-0.05, 0) is 56.7 Å². The normalized spacial score (nSPS) is 14.0. The van der Waals surface area contributed by atoms with Crippen molar-refractivity contribution in [2.75, 3.05) is 18.4 Å². The van der Waals surface area contributed by atoms with Crippen molar-refractivity contribution in [2.24, 2.45) is 0 Å². The van der Waals surface area contributed by atoms with E-state index in [4.69, 9.17) is 0 Å². The summed E-state index contributed by atoms with van der Waals surface area (Å²) in [4.78, 5) is 25.7. The summed E-state index contributed by atoms with van der Waals surface area (Å²) < 4.78 is 0.952. The molecule has 1 aromatic carbocycles. The number of rotatable bonds is 6. The molecule has 1 aromatic rings. The van der Waals surface area contributed by atoms with E-state index in [-0.39, 0.29) is 18.4 Å². The molecular formula is C19H25BrN2O2. The Balaban J connectivity index is 1.89. The van der Waals surface area contributed by atoms with Gasteiger partial charge in [-0.25, -0.2) is 0 Å². The molecule has 1 aliphatic carbocycles. The highest BCUT2D eigenvalue weighted by Crippen LogP contribution is 2.21. The molecule has 0 atom stereocenters. The molecule has 2 rings (SSSR count). The van der Waals surface area contributed by atoms with E-state index in [0.29, 0.717) is 6.54 Å². The Morgan fingerprint density at radius 2 is 2.08 bits per heavy atom. The average molecular weight is 393 g/mol. The van der Waals surface area contributed by atoms with Crippen LogP contribution in [0.5, 0.6) is 0 Å². The molecule has 0 bridgehead atoms. The second-order valence-electron chi connectivity index (χ2n) is 6.31. The molecule has 0 heterocycles. The van der Waals surface area contributed by atoms with E-state index in [1.807, 2.05) is 25.1 Å². The number of aryl methyl sites for hydroxylation is 1. The van der Waals surface area contributed by atoms with Gasteiger partial charge in [-0.1, -0.05) is 33.6 Å². The zero-order valence-electron chi connectivity index (χ0n) is 14.4. The fourth-order valence-electron chi connectivity index (χ4n) is 2.80. The van der Waals surface area contributed by atoms with Gasteiger partial charge in [0.05, 0.1) is 6.54 Å². The van der Waals surface area contributed by atoms with Crippen molar-refractivity contribution in [3.05, 3.63) is 39.9 Å². The summed E-state index contributed by atoms with van der Waals surface area (Å²) in [6, 6.07) is 5.68. The monoisotopic (exact) mass is 392 g/mol. The smallest absolute Gasteiger partial charge is 0.243 e. The van der Waals surface area contributed by atoms with E-state index in [2.05, 4.69) is 27.3 Å². The van der Waals surface area contributed by atoms with Crippen LogP contribution in [-0.2, 0) is 9.59 Å². The fraction of sp³-hybridized carbons (Fsp3) is 0.474. The molecule has 0 saturated carbocycles. The Morgan fingerprint density at radius 1 is 1.29 bits per heavy atom. The van der Waals surface area contributed by atoms with Crippen molar-refractivity contribution in [1.82, 2.24) is 4.90 Å². The number of carbonyl (C=O) groups excluding carboxylic acids is 2. The third-order valence-electron chi connectivity index (χ3n) is 4.32. The van der Waals surface area contributed by atoms with Gasteiger partial charge in [-0.3, -0.25) is 9.59 Å². The van der Waals surface area contributed by atoms with Crippen molar-refractivity contribution < 1.29 is 9.59 Å². The van der Waals surface area contributed by atoms with Gasteiger partial charge in [0, 0.05) is 23.6 Å². The number of allylic oxidation sites excluding steroid dienone is 1. The van der Waals surface area contributed by atoms with Gasteiger partial charge in [-0.15, -0.1) is 0 Å². The van der Waals surface area contributed by atoms with Crippen LogP contribution in [0.15, 0.2) is 34.3 Å². The number of hydrogen-bond donors (Lipinski definition) is 1. The van der Waals surface area contributed by atoms with Crippen LogP contribution >= 0.6 is 15.9 Å². The lowest BCUT2D eigenvalue weighted by molar-refractivity contribution is -0.132. The Bertz CT molecular complexity index is 640. The summed E-state index contributed by atoms with van der Waals surface area (Å²) in [6.45, 7) is 4.21. The molecule has 2 amide bonds. The predicted molar refractivity (Wildman–Crippen MR) is 101 cm³/mol. The molecule has 1 N–H and O–H groups in total. The second-order valence-corrected chi connectivity index (χ2v) is 7.17. The molecule has 1 aliphatic rings. The zero-order chi connectivity index (χ0) is 17.5. The Labute approximate surface area is 152 Å². The first-order valence-corrected chi connectivity index (χ1v) is 9.24. The van der Waals surface area contributed by atoms with Gasteiger partial charge >= 0.3 is 0 Å². The number of halogens is 1. The number of carbonyl (C=O) groups is 2. The van der Waals surface area contributed by atoms with E-state index in [1.54, 1.807) is 4.90 Å². The molecule has 0 aromatic heterocycles. The van der Waals surface area contributed by atoms with Gasteiger partial charge in [0.1, 0.15) is 0 Å². The van der Waals surface area contributed by atoms with E-state index >= 15 is 0 Å². The number of nitrogens with zero attached hydrogens (tertiary/aromatic N) is 1. The first-order chi connectivity index (χ1) is 11.5. The minimum Gasteiger partial charge on any atom is -0.333 e. The van der Waals surface area contributed by atoms with E-state index < -0.39 is 0 Å². The van der Waals surface area contributed by atoms with Crippen molar-refractivity contribution in [3.8, 4) is 0 Å². The van der Waals surface area contributed by atoms with Crippen LogP contribution < -0.4 is 5.32 Å². The van der Waals surface area contributed by atoms with Gasteiger partial charge < -0.3 is 10.2 Å². The standard InChI is InChI=1S/C19H25BrN2O2/c1-14-8-9-17(12-18(14)20)21-19(24)13-22(15(2)23)11-10-16-6-4-3-5-7-16/h6,8-9,12H,3-5,7,10-11,13H2,1-2H3,(H,21,24). The number of benzene rings is 1. The third-order valence-corrected chi connectivity index (χ3v) is 5.18. The number of hydrogen-bond acceptors (Lipinski definition) is 2. The highest BCUT2D eigenvalue weighted by atomic mass is 79.9. The average Bonchev–Trinajstić information content (AvgIpc) is 2.55. The zero-order valence-corrected chi connectivity index (χ0v) is 16.0. The summed E-state index contributed by atoms with van der Waals surface area (Å²) in [5, 5.41) is 2.86. The molecule has 0 saturated heterocycles. The first-order valence-electron chi connectivity index (χ1n) is 8.45. The lowest BCUT2D eigenvalue weighted by Crippen LogP contribution is -2.37. The number of anilines is 1. The Morgan fingerprint density at radius 3 is 2.71 bits per heavy atom. The fourth-order valence-corrected chi connectivity index (χ4v) is 3.18. The number of nitrogens with one attached hydrogen (secondary N) is 1. The molecule has 130 valence electrons. The molecule has 0 aliphatic heterocycles. The van der Waals surface area contributed by atoms with Gasteiger partial charge in [0.15, 0.2) is 0 Å². The summed E-state index contributed by atoms with van der Waals surface area (Å²) in [6.07, 6.45) is 7.89. The molecule has 0 spiro atoms. The van der Waals surface area contributed by atoms with Crippen molar-refractivity contribution in [3.63, 3.8) is 0 Å². The van der Waals surface area contributed by atoms with Crippen LogP contribution in [-0.4, -0.2) is 29.8 Å². The van der Waals surface area contributed by atoms with Crippen molar-refractivity contribution in [2.45, 2.75) is 46.0 Å². The number of amides is 2. The van der Waals surface area contributed by atoms with Gasteiger partial charge in [0.25, 0.3) is 0 Å². The maximum Gasteiger partial charge on any atom is 0.243 e. The van der Waals surface area contributed by atoms with Gasteiger partial charge in [0.2, 0.25) is 11.8 Å². The van der Waals surface area contributed by atoms with Crippen molar-refractivity contribution in [1.29, 1.82) is 0 Å². The van der Waals surface area contributed by atoms with Crippen LogP contribution in [0.4, 0.5) is 5.69 Å². The van der Waals surface area contributed by atoms with Crippen LogP contribution in [0.3, 0.4) is 0 Å². The molecular weight excluding hydrogens is 368 g/mol. The highest BCUT2D eigenvalue weighted by Gasteiger charge is 2.15. The summed E-state index contributed by atoms with van der Waals surface area (Å²) in [5.74, 6) is -0.231. The van der Waals surface area contributed by atoms with E-state index in [9.17, 15) is 9.59 Å². The molecule has 0 radical (unpaired) electrons. The maximum absolute atomic E-state index is 12.2. The second kappa shape index (κ2) is 9.02. The minimum atomic E-state index is -0.168. The first kappa shape index (κ1) is 18.7. The Kier molecular flexibility index (Phi) is 7.03. The SMILES string of the molecule is CC(=O)N(CCC1=CCCCC1)CC(=O)Nc1ccc(C)c(Br)c1. The lowest BCUT2D eigenvalue weighted by Gasteiger charge is -2.22.